The molecule has 1 aliphatic heterocycles. The molecule has 36 heavy (non-hydrogen) atoms. The second kappa shape index (κ2) is 8.92. The van der Waals surface area contributed by atoms with Gasteiger partial charge in [-0.2, -0.15) is 4.57 Å². The van der Waals surface area contributed by atoms with Gasteiger partial charge in [0.1, 0.15) is 5.69 Å². The summed E-state index contributed by atoms with van der Waals surface area (Å²) in [6, 6.07) is 26.9. The molecule has 1 aromatic heterocycles. The number of fused-ring (bicyclic) bond motifs is 1. The van der Waals surface area contributed by atoms with Crippen LogP contribution in [0.4, 0.5) is 0 Å². The highest BCUT2D eigenvalue weighted by atomic mass is 15.2. The van der Waals surface area contributed by atoms with E-state index < -0.39 is 0 Å². The molecule has 182 valence electrons. The van der Waals surface area contributed by atoms with Crippen molar-refractivity contribution in [3.8, 4) is 17.1 Å². The summed E-state index contributed by atoms with van der Waals surface area (Å²) in [4.78, 5) is 0. The Morgan fingerprint density at radius 2 is 1.36 bits per heavy atom. The molecule has 1 saturated carbocycles. The Morgan fingerprint density at radius 1 is 0.722 bits per heavy atom. The summed E-state index contributed by atoms with van der Waals surface area (Å²) in [6.45, 7) is 9.09. The maximum atomic E-state index is 2.73. The van der Waals surface area contributed by atoms with Crippen molar-refractivity contribution in [1.82, 2.24) is 4.57 Å². The summed E-state index contributed by atoms with van der Waals surface area (Å²) in [6.07, 6.45) is 11.5. The van der Waals surface area contributed by atoms with Gasteiger partial charge in [-0.25, -0.2) is 4.57 Å². The van der Waals surface area contributed by atoms with Crippen LogP contribution in [0.15, 0.2) is 78.9 Å². The third-order valence-corrected chi connectivity index (χ3v) is 8.76. The topological polar surface area (TPSA) is 8.81 Å². The molecule has 2 nitrogen and oxygen atoms in total. The van der Waals surface area contributed by atoms with Crippen LogP contribution in [0, 0.1) is 33.6 Å². The van der Waals surface area contributed by atoms with Gasteiger partial charge in [-0.1, -0.05) is 86.0 Å². The van der Waals surface area contributed by atoms with Crippen LogP contribution in [0.5, 0.6) is 0 Å². The maximum Gasteiger partial charge on any atom is 0.296 e. The molecule has 0 bridgehead atoms. The van der Waals surface area contributed by atoms with E-state index >= 15 is 0 Å². The van der Waals surface area contributed by atoms with Gasteiger partial charge in [0, 0.05) is 18.4 Å². The summed E-state index contributed by atoms with van der Waals surface area (Å²) < 4.78 is 5.28. The third-order valence-electron chi connectivity index (χ3n) is 8.76. The zero-order valence-corrected chi connectivity index (χ0v) is 22.1. The zero-order valence-electron chi connectivity index (χ0n) is 22.1. The van der Waals surface area contributed by atoms with Crippen molar-refractivity contribution < 1.29 is 4.57 Å². The van der Waals surface area contributed by atoms with Gasteiger partial charge in [0.25, 0.3) is 5.82 Å². The highest BCUT2D eigenvalue weighted by molar-refractivity contribution is 5.69. The average Bonchev–Trinajstić information content (AvgIpc) is 3.43. The van der Waals surface area contributed by atoms with Crippen molar-refractivity contribution in [2.75, 3.05) is 0 Å². The van der Waals surface area contributed by atoms with E-state index in [2.05, 4.69) is 122 Å². The average molecular weight is 474 g/mol. The zero-order chi connectivity index (χ0) is 24.9. The van der Waals surface area contributed by atoms with E-state index in [0.29, 0.717) is 5.92 Å². The molecule has 6 rings (SSSR count). The van der Waals surface area contributed by atoms with E-state index in [-0.39, 0.29) is 5.54 Å². The van der Waals surface area contributed by atoms with E-state index in [4.69, 9.17) is 0 Å². The molecule has 0 amide bonds. The van der Waals surface area contributed by atoms with Gasteiger partial charge in [0.2, 0.25) is 0 Å². The fourth-order valence-corrected chi connectivity index (χ4v) is 7.03. The van der Waals surface area contributed by atoms with Crippen LogP contribution in [-0.4, -0.2) is 4.57 Å². The number of imidazole rings is 1. The van der Waals surface area contributed by atoms with Crippen molar-refractivity contribution in [3.63, 3.8) is 0 Å². The monoisotopic (exact) mass is 473 g/mol. The lowest BCUT2D eigenvalue weighted by Gasteiger charge is -2.38. The molecule has 1 atom stereocenters. The number of benzene rings is 3. The summed E-state index contributed by atoms with van der Waals surface area (Å²) in [5, 5.41) is 0. The Bertz CT molecular complexity index is 1430. The van der Waals surface area contributed by atoms with Crippen LogP contribution in [0.3, 0.4) is 0 Å². The van der Waals surface area contributed by atoms with Gasteiger partial charge in [-0.15, -0.1) is 0 Å². The highest BCUT2D eigenvalue weighted by Gasteiger charge is 2.52. The maximum absolute atomic E-state index is 2.73. The van der Waals surface area contributed by atoms with Crippen LogP contribution in [0.1, 0.15) is 65.7 Å². The largest absolute Gasteiger partial charge is 0.296 e. The van der Waals surface area contributed by atoms with Crippen molar-refractivity contribution in [2.24, 2.45) is 5.92 Å². The van der Waals surface area contributed by atoms with Gasteiger partial charge in [-0.3, -0.25) is 0 Å². The molecule has 4 aromatic rings. The number of allylic oxidation sites excluding steroid dienone is 1. The fraction of sp³-hybridized carbons (Fsp3) is 0.324. The first-order valence-electron chi connectivity index (χ1n) is 13.6. The van der Waals surface area contributed by atoms with Crippen molar-refractivity contribution >= 4 is 6.08 Å². The minimum Gasteiger partial charge on any atom is -0.209 e. The fourth-order valence-electron chi connectivity index (χ4n) is 7.03. The van der Waals surface area contributed by atoms with E-state index in [9.17, 15) is 0 Å². The van der Waals surface area contributed by atoms with Crippen molar-refractivity contribution in [1.29, 1.82) is 0 Å². The normalized spacial score (nSPS) is 19.6. The lowest BCUT2D eigenvalue weighted by Crippen LogP contribution is -2.60. The second-order valence-corrected chi connectivity index (χ2v) is 10.9. The summed E-state index contributed by atoms with van der Waals surface area (Å²) in [5.74, 6) is 1.89. The number of aromatic nitrogens is 2. The standard InChI is InChI=1S/C34H37N2/c1-24-14-11-12-21-30(24)35-27(4)31-22-23-34(28-17-7-5-8-18-28,29-19-9-6-10-20-29)36(31)33(35)32-25(2)15-13-16-26(32)3/h5,7-8,11-18,21-23,29H,6,9-10,19-20H2,1-4H3/q+1. The smallest absolute Gasteiger partial charge is 0.209 e. The molecule has 1 aliphatic carbocycles. The van der Waals surface area contributed by atoms with E-state index in [0.717, 1.165) is 0 Å². The van der Waals surface area contributed by atoms with Crippen LogP contribution in [0.25, 0.3) is 23.2 Å². The molecule has 3 aromatic carbocycles. The Kier molecular flexibility index (Phi) is 5.71. The first-order chi connectivity index (χ1) is 17.5. The summed E-state index contributed by atoms with van der Waals surface area (Å²) >= 11 is 0. The molecule has 2 aliphatic rings. The molecule has 0 saturated heterocycles. The lowest BCUT2D eigenvalue weighted by atomic mass is 9.71. The molecular weight excluding hydrogens is 436 g/mol. The van der Waals surface area contributed by atoms with E-state index in [1.54, 1.807) is 0 Å². The number of nitrogens with zero attached hydrogens (tertiary/aromatic N) is 2. The number of aryl methyl sites for hydroxylation is 3. The number of hydrogen-bond donors (Lipinski definition) is 0. The minimum atomic E-state index is -0.181. The van der Waals surface area contributed by atoms with Gasteiger partial charge < -0.3 is 0 Å². The van der Waals surface area contributed by atoms with Gasteiger partial charge >= 0.3 is 0 Å². The van der Waals surface area contributed by atoms with E-state index in [1.807, 2.05) is 0 Å². The molecule has 1 fully saturated rings. The summed E-state index contributed by atoms with van der Waals surface area (Å²) in [5.41, 5.74) is 10.5. The third kappa shape index (κ3) is 3.34. The molecule has 2 heteroatoms. The van der Waals surface area contributed by atoms with Crippen LogP contribution in [0.2, 0.25) is 0 Å². The number of para-hydroxylation sites is 1. The minimum absolute atomic E-state index is 0.181. The first-order valence-corrected chi connectivity index (χ1v) is 13.6. The quantitative estimate of drug-likeness (QED) is 0.265. The molecule has 0 N–H and O–H groups in total. The van der Waals surface area contributed by atoms with Gasteiger partial charge in [0.15, 0.2) is 16.9 Å². The van der Waals surface area contributed by atoms with Crippen LogP contribution >= 0.6 is 0 Å². The van der Waals surface area contributed by atoms with Gasteiger partial charge in [0.05, 0.1) is 5.56 Å². The predicted octanol–water partition coefficient (Wildman–Crippen LogP) is 8.02. The SMILES string of the molecule is Cc1ccccc1-n1c(C)c2[n+](c1-c1c(C)cccc1C)C(c1ccccc1)(C1CCCCC1)C=C2. The Hall–Kier alpha value is -3.39. The van der Waals surface area contributed by atoms with E-state index in [1.165, 1.54) is 82.8 Å². The molecule has 2 heterocycles. The van der Waals surface area contributed by atoms with Crippen molar-refractivity contribution in [3.05, 3.63) is 113 Å². The van der Waals surface area contributed by atoms with Crippen molar-refractivity contribution in [2.45, 2.75) is 65.3 Å². The first kappa shape index (κ1) is 23.0. The number of rotatable bonds is 4. The van der Waals surface area contributed by atoms with Gasteiger partial charge in [-0.05, 0) is 68.5 Å². The number of hydrogen-bond acceptors (Lipinski definition) is 0. The highest BCUT2D eigenvalue weighted by Crippen LogP contribution is 2.46. The molecule has 0 radical (unpaired) electrons. The van der Waals surface area contributed by atoms with Crippen LogP contribution < -0.4 is 4.57 Å². The Labute approximate surface area is 215 Å². The second-order valence-electron chi connectivity index (χ2n) is 10.9. The lowest BCUT2D eigenvalue weighted by molar-refractivity contribution is -0.737. The Balaban J connectivity index is 1.76. The molecule has 0 spiro atoms. The van der Waals surface area contributed by atoms with Crippen LogP contribution in [-0.2, 0) is 5.54 Å². The Morgan fingerprint density at radius 3 is 2.06 bits per heavy atom. The molecule has 1 unspecified atom stereocenters. The predicted molar refractivity (Wildman–Crippen MR) is 149 cm³/mol. The molecular formula is C34H37N2+. The summed E-state index contributed by atoms with van der Waals surface area (Å²) in [7, 11) is 0.